The molecule has 3 heteroatoms. The summed E-state index contributed by atoms with van der Waals surface area (Å²) in [5.74, 6) is 0.167. The Morgan fingerprint density at radius 2 is 1.75 bits per heavy atom. The molecule has 12 heavy (non-hydrogen) atoms. The van der Waals surface area contributed by atoms with Gasteiger partial charge in [-0.05, 0) is 25.5 Å². The first-order valence-electron chi connectivity index (χ1n) is 3.65. The van der Waals surface area contributed by atoms with Crippen LogP contribution in [0, 0.1) is 12.3 Å². The molecular formula is C9H15N3. The summed E-state index contributed by atoms with van der Waals surface area (Å²) in [4.78, 5) is 0. The van der Waals surface area contributed by atoms with Crippen molar-refractivity contribution in [2.75, 3.05) is 5.73 Å². The van der Waals surface area contributed by atoms with E-state index >= 15 is 0 Å². The quantitative estimate of drug-likeness (QED) is 0.309. The topological polar surface area (TPSA) is 75.9 Å². The van der Waals surface area contributed by atoms with Gasteiger partial charge in [-0.15, -0.1) is 0 Å². The van der Waals surface area contributed by atoms with Crippen LogP contribution in [-0.4, -0.2) is 5.84 Å². The first-order chi connectivity index (χ1) is 5.54. The molecule has 0 heterocycles. The Balaban J connectivity index is 0.000000261. The number of hydrogen-bond donors (Lipinski definition) is 3. The standard InChI is InChI=1S/C7H9N.C2H6N2/c1-6-4-2-3-5-7(6)8;1-2(3)4/h2-5H,8H2,1H3;1H3,(H3,3,4). The van der Waals surface area contributed by atoms with Crippen molar-refractivity contribution in [3.63, 3.8) is 0 Å². The zero-order valence-electron chi connectivity index (χ0n) is 7.46. The molecule has 1 aromatic rings. The third-order valence-electron chi connectivity index (χ3n) is 1.19. The minimum absolute atomic E-state index is 0.167. The first kappa shape index (κ1) is 10.5. The van der Waals surface area contributed by atoms with Crippen LogP contribution in [0.25, 0.3) is 0 Å². The van der Waals surface area contributed by atoms with Crippen LogP contribution in [0.3, 0.4) is 0 Å². The third-order valence-corrected chi connectivity index (χ3v) is 1.19. The highest BCUT2D eigenvalue weighted by Crippen LogP contribution is 2.06. The van der Waals surface area contributed by atoms with E-state index < -0.39 is 0 Å². The molecular weight excluding hydrogens is 150 g/mol. The van der Waals surface area contributed by atoms with Gasteiger partial charge in [0, 0.05) is 5.69 Å². The molecule has 0 fully saturated rings. The number of amidine groups is 1. The Kier molecular flexibility index (Phi) is 4.53. The van der Waals surface area contributed by atoms with Crippen LogP contribution >= 0.6 is 0 Å². The normalized spacial score (nSPS) is 8.17. The number of aryl methyl sites for hydroxylation is 1. The predicted octanol–water partition coefficient (Wildman–Crippen LogP) is 1.52. The summed E-state index contributed by atoms with van der Waals surface area (Å²) in [6.45, 7) is 3.52. The van der Waals surface area contributed by atoms with Gasteiger partial charge < -0.3 is 11.5 Å². The largest absolute Gasteiger partial charge is 0.399 e. The van der Waals surface area contributed by atoms with Gasteiger partial charge in [-0.3, -0.25) is 5.41 Å². The van der Waals surface area contributed by atoms with Gasteiger partial charge in [0.25, 0.3) is 0 Å². The molecule has 0 saturated heterocycles. The summed E-state index contributed by atoms with van der Waals surface area (Å²) in [6.07, 6.45) is 0. The van der Waals surface area contributed by atoms with Crippen LogP contribution in [0.15, 0.2) is 24.3 Å². The smallest absolute Gasteiger partial charge is 0.0873 e. The minimum Gasteiger partial charge on any atom is -0.399 e. The molecule has 0 spiro atoms. The molecule has 0 aliphatic carbocycles. The Labute approximate surface area is 72.9 Å². The van der Waals surface area contributed by atoms with Gasteiger partial charge in [0.15, 0.2) is 0 Å². The van der Waals surface area contributed by atoms with Crippen molar-refractivity contribution < 1.29 is 0 Å². The van der Waals surface area contributed by atoms with E-state index in [1.807, 2.05) is 31.2 Å². The van der Waals surface area contributed by atoms with E-state index in [-0.39, 0.29) is 5.84 Å². The lowest BCUT2D eigenvalue weighted by atomic mass is 10.2. The molecule has 0 aliphatic rings. The van der Waals surface area contributed by atoms with Gasteiger partial charge in [-0.1, -0.05) is 18.2 Å². The van der Waals surface area contributed by atoms with Crippen LogP contribution in [-0.2, 0) is 0 Å². The van der Waals surface area contributed by atoms with Crippen LogP contribution in [0.2, 0.25) is 0 Å². The molecule has 1 rings (SSSR count). The van der Waals surface area contributed by atoms with Gasteiger partial charge in [0.2, 0.25) is 0 Å². The van der Waals surface area contributed by atoms with Gasteiger partial charge >= 0.3 is 0 Å². The molecule has 0 radical (unpaired) electrons. The average molecular weight is 165 g/mol. The summed E-state index contributed by atoms with van der Waals surface area (Å²) < 4.78 is 0. The van der Waals surface area contributed by atoms with Crippen LogP contribution in [0.5, 0.6) is 0 Å². The lowest BCUT2D eigenvalue weighted by molar-refractivity contribution is 1.42. The molecule has 0 saturated carbocycles. The summed E-state index contributed by atoms with van der Waals surface area (Å²) >= 11 is 0. The zero-order valence-corrected chi connectivity index (χ0v) is 7.46. The fraction of sp³-hybridized carbons (Fsp3) is 0.222. The fourth-order valence-corrected chi connectivity index (χ4v) is 0.587. The van der Waals surface area contributed by atoms with Crippen LogP contribution in [0.4, 0.5) is 5.69 Å². The molecule has 0 aliphatic heterocycles. The molecule has 0 amide bonds. The predicted molar refractivity (Wildman–Crippen MR) is 53.2 cm³/mol. The Hall–Kier alpha value is -1.51. The van der Waals surface area contributed by atoms with E-state index in [1.165, 1.54) is 6.92 Å². The van der Waals surface area contributed by atoms with Crippen molar-refractivity contribution in [1.82, 2.24) is 0 Å². The number of nitrogens with two attached hydrogens (primary N) is 2. The monoisotopic (exact) mass is 165 g/mol. The lowest BCUT2D eigenvalue weighted by Crippen LogP contribution is -2.00. The number of anilines is 1. The second-order valence-corrected chi connectivity index (χ2v) is 2.54. The van der Waals surface area contributed by atoms with Crippen molar-refractivity contribution in [1.29, 1.82) is 5.41 Å². The number of hydrogen-bond acceptors (Lipinski definition) is 2. The molecule has 0 aromatic heterocycles. The molecule has 0 unspecified atom stereocenters. The third kappa shape index (κ3) is 5.29. The zero-order chi connectivity index (χ0) is 9.56. The lowest BCUT2D eigenvalue weighted by Gasteiger charge is -1.93. The SMILES string of the molecule is CC(=N)N.Cc1ccccc1N. The van der Waals surface area contributed by atoms with Crippen LogP contribution < -0.4 is 11.5 Å². The van der Waals surface area contributed by atoms with Gasteiger partial charge in [0.05, 0.1) is 5.84 Å². The molecule has 3 nitrogen and oxygen atoms in total. The Morgan fingerprint density at radius 1 is 1.33 bits per heavy atom. The van der Waals surface area contributed by atoms with E-state index in [9.17, 15) is 0 Å². The molecule has 0 bridgehead atoms. The number of nitrogen functional groups attached to an aromatic ring is 1. The number of benzene rings is 1. The van der Waals surface area contributed by atoms with Crippen molar-refractivity contribution in [3.05, 3.63) is 29.8 Å². The van der Waals surface area contributed by atoms with Gasteiger partial charge in [-0.25, -0.2) is 0 Å². The van der Waals surface area contributed by atoms with Gasteiger partial charge in [-0.2, -0.15) is 0 Å². The Bertz CT molecular complexity index is 231. The van der Waals surface area contributed by atoms with Crippen LogP contribution in [0.1, 0.15) is 12.5 Å². The van der Waals surface area contributed by atoms with Crippen molar-refractivity contribution in [2.45, 2.75) is 13.8 Å². The number of para-hydroxylation sites is 1. The maximum Gasteiger partial charge on any atom is 0.0873 e. The maximum absolute atomic E-state index is 6.28. The minimum atomic E-state index is 0.167. The fourth-order valence-electron chi connectivity index (χ4n) is 0.587. The summed E-state index contributed by atoms with van der Waals surface area (Å²) in [5, 5.41) is 6.28. The van der Waals surface area contributed by atoms with Crippen molar-refractivity contribution >= 4 is 11.5 Å². The highest BCUT2D eigenvalue weighted by atomic mass is 14.7. The average Bonchev–Trinajstić information content (AvgIpc) is 1.94. The number of nitrogens with one attached hydrogen (secondary N) is 1. The Morgan fingerprint density at radius 3 is 2.00 bits per heavy atom. The molecule has 66 valence electrons. The summed E-state index contributed by atoms with van der Waals surface area (Å²) in [5.41, 5.74) is 12.2. The van der Waals surface area contributed by atoms with E-state index in [1.54, 1.807) is 0 Å². The highest BCUT2D eigenvalue weighted by molar-refractivity contribution is 5.73. The van der Waals surface area contributed by atoms with E-state index in [0.29, 0.717) is 0 Å². The molecule has 0 atom stereocenters. The molecule has 5 N–H and O–H groups in total. The van der Waals surface area contributed by atoms with Gasteiger partial charge in [0.1, 0.15) is 0 Å². The summed E-state index contributed by atoms with van der Waals surface area (Å²) in [7, 11) is 0. The molecule has 1 aromatic carbocycles. The second-order valence-electron chi connectivity index (χ2n) is 2.54. The second kappa shape index (κ2) is 5.18. The van der Waals surface area contributed by atoms with E-state index in [2.05, 4.69) is 0 Å². The van der Waals surface area contributed by atoms with Crippen molar-refractivity contribution in [2.24, 2.45) is 5.73 Å². The first-order valence-corrected chi connectivity index (χ1v) is 3.65. The van der Waals surface area contributed by atoms with E-state index in [0.717, 1.165) is 11.3 Å². The highest BCUT2D eigenvalue weighted by Gasteiger charge is 1.84. The maximum atomic E-state index is 6.28. The summed E-state index contributed by atoms with van der Waals surface area (Å²) in [6, 6.07) is 7.80. The number of rotatable bonds is 0. The van der Waals surface area contributed by atoms with Crippen molar-refractivity contribution in [3.8, 4) is 0 Å². The van der Waals surface area contributed by atoms with E-state index in [4.69, 9.17) is 16.9 Å².